The smallest absolute Gasteiger partial charge is 0.189 e. The molecule has 1 aromatic carbocycles. The van der Waals surface area contributed by atoms with Gasteiger partial charge in [-0.15, -0.1) is 30.6 Å². The number of nitrogens with one attached hydrogen (secondary N) is 1. The second kappa shape index (κ2) is 8.46. The molecule has 2 rings (SSSR count). The van der Waals surface area contributed by atoms with E-state index in [1.165, 1.54) is 0 Å². The van der Waals surface area contributed by atoms with E-state index in [1.54, 1.807) is 6.08 Å². The molecular weight excluding hydrogens is 377 g/mol. The predicted octanol–water partition coefficient (Wildman–Crippen LogP) is 2.39. The van der Waals surface area contributed by atoms with Crippen LogP contribution in [0.25, 0.3) is 5.69 Å². The number of guanidine groups is 1. The van der Waals surface area contributed by atoms with Gasteiger partial charge in [0.1, 0.15) is 0 Å². The number of aromatic nitrogens is 2. The first-order valence-corrected chi connectivity index (χ1v) is 6.46. The lowest BCUT2D eigenvalue weighted by Crippen LogP contribution is -2.31. The van der Waals surface area contributed by atoms with E-state index in [4.69, 9.17) is 5.73 Å². The molecule has 6 heteroatoms. The highest BCUT2D eigenvalue weighted by Crippen LogP contribution is 2.15. The van der Waals surface area contributed by atoms with Crippen LogP contribution in [-0.4, -0.2) is 22.3 Å². The fourth-order valence-corrected chi connectivity index (χ4v) is 1.82. The summed E-state index contributed by atoms with van der Waals surface area (Å²) in [6, 6.07) is 9.98. The Bertz CT molecular complexity index is 618. The third-order valence-corrected chi connectivity index (χ3v) is 2.81. The molecule has 1 heterocycles. The molecule has 0 saturated carbocycles. The van der Waals surface area contributed by atoms with Crippen LogP contribution in [0.5, 0.6) is 0 Å². The number of hydrogen-bond acceptors (Lipinski definition) is 2. The molecule has 0 saturated heterocycles. The molecule has 5 nitrogen and oxygen atoms in total. The normalized spacial score (nSPS) is 10.8. The first kappa shape index (κ1) is 17.2. The Morgan fingerprint density at radius 1 is 1.43 bits per heavy atom. The first-order chi connectivity index (χ1) is 9.70. The van der Waals surface area contributed by atoms with Crippen LogP contribution in [-0.2, 0) is 6.54 Å². The molecule has 3 N–H and O–H groups in total. The molecule has 0 fully saturated rings. The van der Waals surface area contributed by atoms with E-state index in [0.29, 0.717) is 19.0 Å². The summed E-state index contributed by atoms with van der Waals surface area (Å²) < 4.78 is 1.85. The van der Waals surface area contributed by atoms with Gasteiger partial charge in [-0.25, -0.2) is 9.67 Å². The fraction of sp³-hybridized carbons (Fsp3) is 0.200. The van der Waals surface area contributed by atoms with E-state index < -0.39 is 0 Å². The number of aliphatic imine (C=N–C) groups is 1. The number of para-hydroxylation sites is 1. The largest absolute Gasteiger partial charge is 0.370 e. The molecule has 0 radical (unpaired) electrons. The maximum absolute atomic E-state index is 5.77. The van der Waals surface area contributed by atoms with Gasteiger partial charge < -0.3 is 11.1 Å². The second-order valence-electron chi connectivity index (χ2n) is 4.40. The number of rotatable bonds is 5. The number of aryl methyl sites for hydroxylation is 1. The van der Waals surface area contributed by atoms with Crippen LogP contribution in [0.15, 0.2) is 54.2 Å². The number of benzene rings is 1. The Balaban J connectivity index is 0.00000220. The van der Waals surface area contributed by atoms with E-state index in [1.807, 2.05) is 48.1 Å². The molecule has 0 aliphatic heterocycles. The minimum Gasteiger partial charge on any atom is -0.370 e. The minimum absolute atomic E-state index is 0. The van der Waals surface area contributed by atoms with Gasteiger partial charge in [0.2, 0.25) is 0 Å². The van der Waals surface area contributed by atoms with Crippen molar-refractivity contribution in [2.75, 3.05) is 6.54 Å². The molecule has 0 bridgehead atoms. The van der Waals surface area contributed by atoms with Crippen molar-refractivity contribution in [2.24, 2.45) is 10.7 Å². The average Bonchev–Trinajstić information content (AvgIpc) is 2.89. The van der Waals surface area contributed by atoms with Crippen LogP contribution in [0.3, 0.4) is 0 Å². The van der Waals surface area contributed by atoms with Gasteiger partial charge in [-0.1, -0.05) is 24.3 Å². The van der Waals surface area contributed by atoms with E-state index in [2.05, 4.69) is 22.0 Å². The second-order valence-corrected chi connectivity index (χ2v) is 4.40. The summed E-state index contributed by atoms with van der Waals surface area (Å²) in [4.78, 5) is 4.32. The SMILES string of the molecule is C=CCNC(N)=NCc1ccccc1-n1ccc(C)n1.I. The fourth-order valence-electron chi connectivity index (χ4n) is 1.82. The number of hydrogen-bond donors (Lipinski definition) is 2. The van der Waals surface area contributed by atoms with Crippen molar-refractivity contribution in [3.63, 3.8) is 0 Å². The van der Waals surface area contributed by atoms with E-state index in [0.717, 1.165) is 16.9 Å². The highest BCUT2D eigenvalue weighted by atomic mass is 127. The number of nitrogens with two attached hydrogens (primary N) is 1. The van der Waals surface area contributed by atoms with Gasteiger partial charge in [0.05, 0.1) is 17.9 Å². The third-order valence-electron chi connectivity index (χ3n) is 2.81. The molecule has 2 aromatic rings. The molecule has 0 atom stereocenters. The van der Waals surface area contributed by atoms with Gasteiger partial charge in [0.25, 0.3) is 0 Å². The Morgan fingerprint density at radius 2 is 2.19 bits per heavy atom. The Morgan fingerprint density at radius 3 is 2.86 bits per heavy atom. The zero-order valence-electron chi connectivity index (χ0n) is 12.0. The molecule has 0 spiro atoms. The van der Waals surface area contributed by atoms with Crippen LogP contribution in [0.4, 0.5) is 0 Å². The number of halogens is 1. The van der Waals surface area contributed by atoms with Crippen molar-refractivity contribution < 1.29 is 0 Å². The van der Waals surface area contributed by atoms with Gasteiger partial charge in [-0.2, -0.15) is 5.10 Å². The molecule has 0 aliphatic rings. The summed E-state index contributed by atoms with van der Waals surface area (Å²) in [5.41, 5.74) is 8.83. The number of nitrogens with zero attached hydrogens (tertiary/aromatic N) is 3. The van der Waals surface area contributed by atoms with Crippen molar-refractivity contribution in [2.45, 2.75) is 13.5 Å². The maximum Gasteiger partial charge on any atom is 0.189 e. The van der Waals surface area contributed by atoms with E-state index in [-0.39, 0.29) is 24.0 Å². The lowest BCUT2D eigenvalue weighted by Gasteiger charge is -2.08. The van der Waals surface area contributed by atoms with Crippen LogP contribution in [0, 0.1) is 6.92 Å². The monoisotopic (exact) mass is 397 g/mol. The van der Waals surface area contributed by atoms with Crippen molar-refractivity contribution >= 4 is 29.9 Å². The summed E-state index contributed by atoms with van der Waals surface area (Å²) in [6.45, 7) is 6.70. The lowest BCUT2D eigenvalue weighted by molar-refractivity contribution is 0.842. The van der Waals surface area contributed by atoms with E-state index >= 15 is 0 Å². The van der Waals surface area contributed by atoms with Crippen molar-refractivity contribution in [1.29, 1.82) is 0 Å². The van der Waals surface area contributed by atoms with E-state index in [9.17, 15) is 0 Å². The maximum atomic E-state index is 5.77. The van der Waals surface area contributed by atoms with Gasteiger partial charge in [-0.3, -0.25) is 0 Å². The Labute approximate surface area is 142 Å². The standard InChI is InChI=1S/C15H19N5.HI/c1-3-9-17-15(16)18-11-13-6-4-5-7-14(13)20-10-8-12(2)19-20;/h3-8,10H,1,9,11H2,2H3,(H3,16,17,18);1H. The van der Waals surface area contributed by atoms with Crippen LogP contribution in [0.1, 0.15) is 11.3 Å². The zero-order valence-corrected chi connectivity index (χ0v) is 14.3. The predicted molar refractivity (Wildman–Crippen MR) is 97.2 cm³/mol. The third kappa shape index (κ3) is 4.89. The van der Waals surface area contributed by atoms with Gasteiger partial charge in [0.15, 0.2) is 5.96 Å². The summed E-state index contributed by atoms with van der Waals surface area (Å²) in [5, 5.41) is 7.38. The molecule has 0 aliphatic carbocycles. The minimum atomic E-state index is 0. The topological polar surface area (TPSA) is 68.2 Å². The van der Waals surface area contributed by atoms with Crippen LogP contribution in [0.2, 0.25) is 0 Å². The Kier molecular flexibility index (Phi) is 6.93. The lowest BCUT2D eigenvalue weighted by atomic mass is 10.2. The zero-order chi connectivity index (χ0) is 14.4. The van der Waals surface area contributed by atoms with Gasteiger partial charge >= 0.3 is 0 Å². The molecule has 112 valence electrons. The first-order valence-electron chi connectivity index (χ1n) is 6.46. The molecule has 1 aromatic heterocycles. The highest BCUT2D eigenvalue weighted by Gasteiger charge is 2.04. The quantitative estimate of drug-likeness (QED) is 0.352. The molecule has 0 unspecified atom stereocenters. The molecule has 0 amide bonds. The Hall–Kier alpha value is -1.83. The van der Waals surface area contributed by atoms with Crippen LogP contribution >= 0.6 is 24.0 Å². The summed E-state index contributed by atoms with van der Waals surface area (Å²) in [6.07, 6.45) is 3.68. The average molecular weight is 397 g/mol. The highest BCUT2D eigenvalue weighted by molar-refractivity contribution is 14.0. The van der Waals surface area contributed by atoms with Crippen LogP contribution < -0.4 is 11.1 Å². The van der Waals surface area contributed by atoms with Gasteiger partial charge in [-0.05, 0) is 24.6 Å². The molecular formula is C15H20IN5. The van der Waals surface area contributed by atoms with Gasteiger partial charge in [0, 0.05) is 12.7 Å². The van der Waals surface area contributed by atoms with Crippen molar-refractivity contribution in [3.05, 3.63) is 60.4 Å². The summed E-state index contributed by atoms with van der Waals surface area (Å²) >= 11 is 0. The van der Waals surface area contributed by atoms with Crippen molar-refractivity contribution in [3.8, 4) is 5.69 Å². The molecule has 21 heavy (non-hydrogen) atoms. The summed E-state index contributed by atoms with van der Waals surface area (Å²) in [5.74, 6) is 0.413. The van der Waals surface area contributed by atoms with Crippen molar-refractivity contribution in [1.82, 2.24) is 15.1 Å². The summed E-state index contributed by atoms with van der Waals surface area (Å²) in [7, 11) is 0.